The number of carbonyl (C=O) groups is 2. The number of carboxylic acid groups (broad SMARTS) is 1. The van der Waals surface area contributed by atoms with Crippen molar-refractivity contribution in [3.05, 3.63) is 70.8 Å². The molecule has 2 unspecified atom stereocenters. The van der Waals surface area contributed by atoms with Gasteiger partial charge in [-0.1, -0.05) is 48.5 Å². The van der Waals surface area contributed by atoms with Gasteiger partial charge in [-0.05, 0) is 35.1 Å². The molecule has 0 aromatic heterocycles. The smallest absolute Gasteiger partial charge is 0.307 e. The first-order chi connectivity index (χ1) is 11.6. The van der Waals surface area contributed by atoms with Crippen LogP contribution in [0.15, 0.2) is 48.5 Å². The molecule has 1 aliphatic carbocycles. The normalized spacial score (nSPS) is 21.9. The summed E-state index contributed by atoms with van der Waals surface area (Å²) in [5.74, 6) is -2.03. The van der Waals surface area contributed by atoms with Crippen LogP contribution in [0.2, 0.25) is 0 Å². The highest BCUT2D eigenvalue weighted by molar-refractivity contribution is 5.86. The molecule has 1 amide bonds. The van der Waals surface area contributed by atoms with Crippen LogP contribution >= 0.6 is 0 Å². The minimum absolute atomic E-state index is 0.0342. The monoisotopic (exact) mass is 321 g/mol. The number of carbonyl (C=O) groups excluding carboxylic acids is 1. The standard InChI is InChI=1S/C20H19NO3/c22-19(21-11-15-7-3-4-8-16(15)12-21)17-9-13-5-1-2-6-14(13)10-18(17)20(23)24/h1-8,17-18H,9-12H2,(H,23,24). The SMILES string of the molecule is O=C(O)C1Cc2ccccc2CC1C(=O)N1Cc2ccccc2C1. The summed E-state index contributed by atoms with van der Waals surface area (Å²) in [6, 6.07) is 15.9. The Bertz CT molecular complexity index is 789. The topological polar surface area (TPSA) is 57.6 Å². The van der Waals surface area contributed by atoms with Gasteiger partial charge in [0.05, 0.1) is 11.8 Å². The lowest BCUT2D eigenvalue weighted by Gasteiger charge is -2.32. The van der Waals surface area contributed by atoms with Crippen molar-refractivity contribution in [1.29, 1.82) is 0 Å². The number of fused-ring (bicyclic) bond motifs is 2. The van der Waals surface area contributed by atoms with Crippen molar-refractivity contribution in [2.75, 3.05) is 0 Å². The Kier molecular flexibility index (Phi) is 3.60. The lowest BCUT2D eigenvalue weighted by molar-refractivity contribution is -0.151. The zero-order valence-corrected chi connectivity index (χ0v) is 13.3. The van der Waals surface area contributed by atoms with Crippen molar-refractivity contribution < 1.29 is 14.7 Å². The zero-order chi connectivity index (χ0) is 16.7. The van der Waals surface area contributed by atoms with Crippen LogP contribution in [0.4, 0.5) is 0 Å². The van der Waals surface area contributed by atoms with Crippen LogP contribution < -0.4 is 0 Å². The molecule has 1 heterocycles. The van der Waals surface area contributed by atoms with Crippen molar-refractivity contribution in [1.82, 2.24) is 4.90 Å². The summed E-state index contributed by atoms with van der Waals surface area (Å²) >= 11 is 0. The molecule has 2 aromatic carbocycles. The van der Waals surface area contributed by atoms with E-state index in [4.69, 9.17) is 0 Å². The number of hydrogen-bond acceptors (Lipinski definition) is 2. The van der Waals surface area contributed by atoms with E-state index in [-0.39, 0.29) is 5.91 Å². The predicted molar refractivity (Wildman–Crippen MR) is 89.2 cm³/mol. The molecule has 4 heteroatoms. The van der Waals surface area contributed by atoms with Gasteiger partial charge in [0.1, 0.15) is 0 Å². The third-order valence-corrected chi connectivity index (χ3v) is 5.27. The van der Waals surface area contributed by atoms with Crippen LogP contribution in [-0.4, -0.2) is 21.9 Å². The van der Waals surface area contributed by atoms with Gasteiger partial charge in [-0.3, -0.25) is 9.59 Å². The molecule has 0 fully saturated rings. The van der Waals surface area contributed by atoms with Gasteiger partial charge in [-0.15, -0.1) is 0 Å². The van der Waals surface area contributed by atoms with E-state index in [1.165, 1.54) is 0 Å². The van der Waals surface area contributed by atoms with Crippen LogP contribution in [0.1, 0.15) is 22.3 Å². The molecule has 4 nitrogen and oxygen atoms in total. The summed E-state index contributed by atoms with van der Waals surface area (Å²) in [7, 11) is 0. The molecule has 24 heavy (non-hydrogen) atoms. The molecule has 0 radical (unpaired) electrons. The third kappa shape index (κ3) is 2.48. The fourth-order valence-corrected chi connectivity index (χ4v) is 3.96. The first-order valence-electron chi connectivity index (χ1n) is 8.28. The molecular weight excluding hydrogens is 302 g/mol. The molecule has 2 aliphatic rings. The van der Waals surface area contributed by atoms with Crippen molar-refractivity contribution >= 4 is 11.9 Å². The first kappa shape index (κ1) is 14.9. The predicted octanol–water partition coefficient (Wildman–Crippen LogP) is 2.64. The van der Waals surface area contributed by atoms with E-state index in [0.29, 0.717) is 25.9 Å². The molecule has 0 saturated heterocycles. The Balaban J connectivity index is 1.60. The average molecular weight is 321 g/mol. The largest absolute Gasteiger partial charge is 0.481 e. The summed E-state index contributed by atoms with van der Waals surface area (Å²) in [6.45, 7) is 1.17. The van der Waals surface area contributed by atoms with Crippen LogP contribution in [0.25, 0.3) is 0 Å². The summed E-state index contributed by atoms with van der Waals surface area (Å²) in [6.07, 6.45) is 0.946. The number of carboxylic acids is 1. The van der Waals surface area contributed by atoms with Gasteiger partial charge in [0.25, 0.3) is 0 Å². The van der Waals surface area contributed by atoms with Crippen molar-refractivity contribution in [2.24, 2.45) is 11.8 Å². The van der Waals surface area contributed by atoms with E-state index < -0.39 is 17.8 Å². The Hall–Kier alpha value is -2.62. The Labute approximate surface area is 140 Å². The summed E-state index contributed by atoms with van der Waals surface area (Å²) < 4.78 is 0. The fraction of sp³-hybridized carbons (Fsp3) is 0.300. The van der Waals surface area contributed by atoms with Gasteiger partial charge in [0.2, 0.25) is 5.91 Å². The highest BCUT2D eigenvalue weighted by Crippen LogP contribution is 2.34. The van der Waals surface area contributed by atoms with Gasteiger partial charge in [0.15, 0.2) is 0 Å². The maximum absolute atomic E-state index is 13.1. The quantitative estimate of drug-likeness (QED) is 0.925. The number of rotatable bonds is 2. The van der Waals surface area contributed by atoms with E-state index in [1.54, 1.807) is 4.90 Å². The lowest BCUT2D eigenvalue weighted by atomic mass is 9.75. The van der Waals surface area contributed by atoms with Crippen molar-refractivity contribution in [2.45, 2.75) is 25.9 Å². The van der Waals surface area contributed by atoms with Gasteiger partial charge < -0.3 is 10.0 Å². The Morgan fingerprint density at radius 1 is 0.792 bits per heavy atom. The van der Waals surface area contributed by atoms with Crippen LogP contribution in [0, 0.1) is 11.8 Å². The average Bonchev–Trinajstić information content (AvgIpc) is 3.04. The van der Waals surface area contributed by atoms with Gasteiger partial charge in [-0.2, -0.15) is 0 Å². The minimum atomic E-state index is -0.875. The van der Waals surface area contributed by atoms with Crippen LogP contribution in [0.5, 0.6) is 0 Å². The Morgan fingerprint density at radius 2 is 1.25 bits per heavy atom. The van der Waals surface area contributed by atoms with Gasteiger partial charge in [-0.25, -0.2) is 0 Å². The zero-order valence-electron chi connectivity index (χ0n) is 13.3. The van der Waals surface area contributed by atoms with Crippen molar-refractivity contribution in [3.8, 4) is 0 Å². The van der Waals surface area contributed by atoms with Crippen molar-refractivity contribution in [3.63, 3.8) is 0 Å². The summed E-state index contributed by atoms with van der Waals surface area (Å²) in [4.78, 5) is 26.6. The molecule has 0 bridgehead atoms. The highest BCUT2D eigenvalue weighted by Gasteiger charge is 2.40. The van der Waals surface area contributed by atoms with Crippen LogP contribution in [0.3, 0.4) is 0 Å². The number of aliphatic carboxylic acids is 1. The van der Waals surface area contributed by atoms with E-state index in [0.717, 1.165) is 22.3 Å². The number of nitrogens with zero attached hydrogens (tertiary/aromatic N) is 1. The lowest BCUT2D eigenvalue weighted by Crippen LogP contribution is -2.42. The maximum Gasteiger partial charge on any atom is 0.307 e. The molecule has 2 aromatic rings. The second-order valence-electron chi connectivity index (χ2n) is 6.69. The summed E-state index contributed by atoms with van der Waals surface area (Å²) in [5, 5.41) is 9.63. The van der Waals surface area contributed by atoms with E-state index >= 15 is 0 Å². The highest BCUT2D eigenvalue weighted by atomic mass is 16.4. The minimum Gasteiger partial charge on any atom is -0.481 e. The van der Waals surface area contributed by atoms with Gasteiger partial charge in [0, 0.05) is 13.1 Å². The molecule has 4 rings (SSSR count). The Morgan fingerprint density at radius 3 is 1.75 bits per heavy atom. The molecule has 0 saturated carbocycles. The fourth-order valence-electron chi connectivity index (χ4n) is 3.96. The maximum atomic E-state index is 13.1. The molecule has 1 N–H and O–H groups in total. The first-order valence-corrected chi connectivity index (χ1v) is 8.28. The summed E-state index contributed by atoms with van der Waals surface area (Å²) in [5.41, 5.74) is 4.48. The molecule has 2 atom stereocenters. The van der Waals surface area contributed by atoms with Crippen LogP contribution in [-0.2, 0) is 35.5 Å². The molecule has 122 valence electrons. The second-order valence-corrected chi connectivity index (χ2v) is 6.69. The van der Waals surface area contributed by atoms with E-state index in [1.807, 2.05) is 48.5 Å². The number of benzene rings is 2. The number of amides is 1. The molecule has 1 aliphatic heterocycles. The van der Waals surface area contributed by atoms with E-state index in [9.17, 15) is 14.7 Å². The molecular formula is C20H19NO3. The van der Waals surface area contributed by atoms with E-state index in [2.05, 4.69) is 0 Å². The number of hydrogen-bond donors (Lipinski definition) is 1. The van der Waals surface area contributed by atoms with Gasteiger partial charge >= 0.3 is 5.97 Å². The third-order valence-electron chi connectivity index (χ3n) is 5.27. The second kappa shape index (κ2) is 5.78. The molecule has 0 spiro atoms.